The lowest BCUT2D eigenvalue weighted by Gasteiger charge is -2.31. The minimum Gasteiger partial charge on any atom is -0.391 e. The molecule has 3 heteroatoms. The van der Waals surface area contributed by atoms with E-state index in [0.717, 1.165) is 6.42 Å². The number of rotatable bonds is 1. The first kappa shape index (κ1) is 10.9. The van der Waals surface area contributed by atoms with Crippen LogP contribution in [0.3, 0.4) is 0 Å². The number of likely N-dealkylation sites (tertiary alicyclic amines) is 1. The average molecular weight is 211 g/mol. The number of carbonyl (C=O) groups is 1. The van der Waals surface area contributed by atoms with Crippen LogP contribution in [0.2, 0.25) is 0 Å². The van der Waals surface area contributed by atoms with Gasteiger partial charge >= 0.3 is 0 Å². The second-order valence-electron chi connectivity index (χ2n) is 5.09. The molecule has 1 saturated carbocycles. The fourth-order valence-corrected chi connectivity index (χ4v) is 2.97. The van der Waals surface area contributed by atoms with Gasteiger partial charge in [0.15, 0.2) is 0 Å². The van der Waals surface area contributed by atoms with Crippen molar-refractivity contribution in [3.05, 3.63) is 0 Å². The molecule has 2 aliphatic rings. The Morgan fingerprint density at radius 2 is 2.00 bits per heavy atom. The van der Waals surface area contributed by atoms with Crippen molar-refractivity contribution < 1.29 is 9.90 Å². The molecule has 2 rings (SSSR count). The lowest BCUT2D eigenvalue weighted by molar-refractivity contribution is -0.130. The number of hydrogen-bond acceptors (Lipinski definition) is 2. The van der Waals surface area contributed by atoms with E-state index in [1.54, 1.807) is 0 Å². The van der Waals surface area contributed by atoms with Crippen LogP contribution in [0, 0.1) is 5.92 Å². The Morgan fingerprint density at radius 3 is 2.67 bits per heavy atom. The molecular formula is C12H21NO2. The first-order valence-electron chi connectivity index (χ1n) is 6.16. The third-order valence-electron chi connectivity index (χ3n) is 3.85. The van der Waals surface area contributed by atoms with E-state index in [-0.39, 0.29) is 5.91 Å². The molecule has 0 spiro atoms. The maximum atomic E-state index is 11.7. The van der Waals surface area contributed by atoms with Gasteiger partial charge in [0.25, 0.3) is 0 Å². The zero-order valence-electron chi connectivity index (χ0n) is 9.48. The molecule has 3 atom stereocenters. The standard InChI is InChI=1S/C12H21NO2/c1-9-5-3-2-4-6-11(9)13-8-10(14)7-12(13)15/h9-11,14H,2-8H2,1H3. The molecule has 1 N–H and O–H groups in total. The predicted molar refractivity (Wildman–Crippen MR) is 58.4 cm³/mol. The van der Waals surface area contributed by atoms with E-state index < -0.39 is 6.10 Å². The summed E-state index contributed by atoms with van der Waals surface area (Å²) in [6, 6.07) is 0.386. The second kappa shape index (κ2) is 4.52. The SMILES string of the molecule is CC1CCCCCC1N1CC(O)CC1=O. The molecule has 1 aliphatic heterocycles. The van der Waals surface area contributed by atoms with E-state index in [1.807, 2.05) is 4.90 Å². The van der Waals surface area contributed by atoms with Crippen LogP contribution in [0.5, 0.6) is 0 Å². The molecule has 15 heavy (non-hydrogen) atoms. The number of amides is 1. The van der Waals surface area contributed by atoms with Crippen molar-refractivity contribution in [1.29, 1.82) is 0 Å². The summed E-state index contributed by atoms with van der Waals surface area (Å²) in [6.45, 7) is 2.81. The Labute approximate surface area is 91.5 Å². The minimum atomic E-state index is -0.423. The van der Waals surface area contributed by atoms with Crippen molar-refractivity contribution in [3.8, 4) is 0 Å². The van der Waals surface area contributed by atoms with Crippen LogP contribution in [-0.2, 0) is 4.79 Å². The van der Waals surface area contributed by atoms with E-state index in [1.165, 1.54) is 25.7 Å². The number of aliphatic hydroxyl groups excluding tert-OH is 1. The smallest absolute Gasteiger partial charge is 0.225 e. The summed E-state index contributed by atoms with van der Waals surface area (Å²) in [7, 11) is 0. The Hall–Kier alpha value is -0.570. The van der Waals surface area contributed by atoms with Crippen molar-refractivity contribution in [2.45, 2.75) is 57.6 Å². The molecule has 0 radical (unpaired) electrons. The molecule has 0 aromatic carbocycles. The summed E-state index contributed by atoms with van der Waals surface area (Å²) in [5.41, 5.74) is 0. The van der Waals surface area contributed by atoms with E-state index >= 15 is 0 Å². The molecule has 1 saturated heterocycles. The quantitative estimate of drug-likeness (QED) is 0.668. The summed E-state index contributed by atoms with van der Waals surface area (Å²) < 4.78 is 0. The lowest BCUT2D eigenvalue weighted by Crippen LogP contribution is -2.40. The first-order valence-corrected chi connectivity index (χ1v) is 6.16. The Balaban J connectivity index is 2.04. The molecular weight excluding hydrogens is 190 g/mol. The molecule has 1 aliphatic carbocycles. The first-order chi connectivity index (χ1) is 7.18. The highest BCUT2D eigenvalue weighted by Crippen LogP contribution is 2.29. The van der Waals surface area contributed by atoms with Crippen LogP contribution in [0.25, 0.3) is 0 Å². The number of nitrogens with zero attached hydrogens (tertiary/aromatic N) is 1. The van der Waals surface area contributed by atoms with Crippen LogP contribution in [0.4, 0.5) is 0 Å². The van der Waals surface area contributed by atoms with Gasteiger partial charge in [0.05, 0.1) is 12.5 Å². The monoisotopic (exact) mass is 211 g/mol. The molecule has 0 aromatic heterocycles. The maximum absolute atomic E-state index is 11.7. The lowest BCUT2D eigenvalue weighted by atomic mass is 9.96. The van der Waals surface area contributed by atoms with Gasteiger partial charge in [0.1, 0.15) is 0 Å². The maximum Gasteiger partial charge on any atom is 0.225 e. The summed E-state index contributed by atoms with van der Waals surface area (Å²) in [4.78, 5) is 13.6. The average Bonchev–Trinajstić information content (AvgIpc) is 2.39. The number of aliphatic hydroxyl groups is 1. The number of hydrogen-bond donors (Lipinski definition) is 1. The number of carbonyl (C=O) groups excluding carboxylic acids is 1. The van der Waals surface area contributed by atoms with Gasteiger partial charge in [-0.15, -0.1) is 0 Å². The third-order valence-corrected chi connectivity index (χ3v) is 3.85. The molecule has 86 valence electrons. The highest BCUT2D eigenvalue weighted by molar-refractivity contribution is 5.79. The number of β-amino-alcohol motifs (C(OH)–C–C–N with tert-alkyl or cyclic N) is 1. The van der Waals surface area contributed by atoms with Crippen molar-refractivity contribution in [3.63, 3.8) is 0 Å². The third kappa shape index (κ3) is 2.33. The van der Waals surface area contributed by atoms with Gasteiger partial charge in [-0.2, -0.15) is 0 Å². The van der Waals surface area contributed by atoms with E-state index in [4.69, 9.17) is 0 Å². The van der Waals surface area contributed by atoms with Gasteiger partial charge < -0.3 is 10.0 Å². The van der Waals surface area contributed by atoms with E-state index in [0.29, 0.717) is 24.9 Å². The van der Waals surface area contributed by atoms with Gasteiger partial charge in [-0.3, -0.25) is 4.79 Å². The minimum absolute atomic E-state index is 0.154. The van der Waals surface area contributed by atoms with Crippen molar-refractivity contribution in [2.24, 2.45) is 5.92 Å². The van der Waals surface area contributed by atoms with E-state index in [2.05, 4.69) is 6.92 Å². The van der Waals surface area contributed by atoms with Crippen LogP contribution in [0.15, 0.2) is 0 Å². The van der Waals surface area contributed by atoms with Crippen molar-refractivity contribution in [2.75, 3.05) is 6.54 Å². The van der Waals surface area contributed by atoms with Gasteiger partial charge in [-0.1, -0.05) is 26.2 Å². The van der Waals surface area contributed by atoms with Gasteiger partial charge in [-0.05, 0) is 18.8 Å². The summed E-state index contributed by atoms with van der Waals surface area (Å²) in [6.07, 6.45) is 6.09. The zero-order chi connectivity index (χ0) is 10.8. The highest BCUT2D eigenvalue weighted by Gasteiger charge is 2.35. The van der Waals surface area contributed by atoms with Crippen LogP contribution < -0.4 is 0 Å². The van der Waals surface area contributed by atoms with Gasteiger partial charge in [0.2, 0.25) is 5.91 Å². The van der Waals surface area contributed by atoms with Gasteiger partial charge in [0, 0.05) is 12.6 Å². The molecule has 0 aromatic rings. The molecule has 3 unspecified atom stereocenters. The summed E-state index contributed by atoms with van der Waals surface area (Å²) >= 11 is 0. The fraction of sp³-hybridized carbons (Fsp3) is 0.917. The zero-order valence-corrected chi connectivity index (χ0v) is 9.48. The van der Waals surface area contributed by atoms with E-state index in [9.17, 15) is 9.90 Å². The summed E-state index contributed by atoms with van der Waals surface area (Å²) in [5.74, 6) is 0.753. The molecule has 2 fully saturated rings. The summed E-state index contributed by atoms with van der Waals surface area (Å²) in [5, 5.41) is 9.49. The normalized spacial score (nSPS) is 38.1. The van der Waals surface area contributed by atoms with Crippen LogP contribution >= 0.6 is 0 Å². The Bertz CT molecular complexity index is 242. The predicted octanol–water partition coefficient (Wildman–Crippen LogP) is 1.55. The van der Waals surface area contributed by atoms with Crippen LogP contribution in [-0.4, -0.2) is 34.6 Å². The fourth-order valence-electron chi connectivity index (χ4n) is 2.97. The largest absolute Gasteiger partial charge is 0.391 e. The van der Waals surface area contributed by atoms with Crippen molar-refractivity contribution >= 4 is 5.91 Å². The molecule has 0 bridgehead atoms. The second-order valence-corrected chi connectivity index (χ2v) is 5.09. The molecule has 1 heterocycles. The molecule has 3 nitrogen and oxygen atoms in total. The van der Waals surface area contributed by atoms with Gasteiger partial charge in [-0.25, -0.2) is 0 Å². The molecule has 1 amide bonds. The van der Waals surface area contributed by atoms with Crippen LogP contribution in [0.1, 0.15) is 45.4 Å². The highest BCUT2D eigenvalue weighted by atomic mass is 16.3. The van der Waals surface area contributed by atoms with Crippen molar-refractivity contribution in [1.82, 2.24) is 4.90 Å². The Kier molecular flexibility index (Phi) is 3.29. The topological polar surface area (TPSA) is 40.5 Å². The Morgan fingerprint density at radius 1 is 1.27 bits per heavy atom.